The van der Waals surface area contributed by atoms with Gasteiger partial charge in [0.1, 0.15) is 11.5 Å². The first-order chi connectivity index (χ1) is 8.99. The van der Waals surface area contributed by atoms with Gasteiger partial charge >= 0.3 is 0 Å². The summed E-state index contributed by atoms with van der Waals surface area (Å²) in [7, 11) is 0. The van der Waals surface area contributed by atoms with E-state index in [1.165, 1.54) is 0 Å². The highest BCUT2D eigenvalue weighted by Crippen LogP contribution is 2.25. The highest BCUT2D eigenvalue weighted by Gasteiger charge is 2.21. The molecule has 19 heavy (non-hydrogen) atoms. The molecule has 3 N–H and O–H groups in total. The molecule has 0 radical (unpaired) electrons. The first-order valence-corrected chi connectivity index (χ1v) is 5.94. The van der Waals surface area contributed by atoms with Crippen LogP contribution >= 0.6 is 0 Å². The van der Waals surface area contributed by atoms with Gasteiger partial charge in [-0.05, 0) is 12.5 Å². The number of nitrogens with one attached hydrogen (secondary N) is 1. The quantitative estimate of drug-likeness (QED) is 0.610. The Hall–Kier alpha value is -2.02. The minimum Gasteiger partial charge on any atom is -0.330 e. The molecule has 0 bridgehead atoms. The van der Waals surface area contributed by atoms with Crippen molar-refractivity contribution in [1.82, 2.24) is 0 Å². The van der Waals surface area contributed by atoms with E-state index in [0.29, 0.717) is 6.42 Å². The number of nitrogens with two attached hydrogens (primary N) is 1. The molecule has 1 unspecified atom stereocenters. The number of halogens is 1. The fourth-order valence-corrected chi connectivity index (χ4v) is 1.71. The van der Waals surface area contributed by atoms with Crippen LogP contribution in [0.2, 0.25) is 0 Å². The third-order valence-corrected chi connectivity index (χ3v) is 2.71. The number of nitrogens with zero attached hydrogens (tertiary/aromatic N) is 1. The summed E-state index contributed by atoms with van der Waals surface area (Å²) in [6.07, 6.45) is 1.34. The summed E-state index contributed by atoms with van der Waals surface area (Å²) in [5, 5.41) is 13.2. The first-order valence-electron chi connectivity index (χ1n) is 5.94. The van der Waals surface area contributed by atoms with E-state index >= 15 is 0 Å². The summed E-state index contributed by atoms with van der Waals surface area (Å²) in [4.78, 5) is 22.0. The van der Waals surface area contributed by atoms with Gasteiger partial charge in [0.15, 0.2) is 0 Å². The maximum atomic E-state index is 13.1. The Kier molecular flexibility index (Phi) is 5.37. The van der Waals surface area contributed by atoms with E-state index < -0.39 is 22.6 Å². The molecular formula is C12H16FN3O3. The number of carbonyl (C=O) groups is 1. The van der Waals surface area contributed by atoms with Gasteiger partial charge in [-0.1, -0.05) is 13.3 Å². The second-order valence-corrected chi connectivity index (χ2v) is 4.13. The molecule has 104 valence electrons. The molecule has 1 atom stereocenters. The van der Waals surface area contributed by atoms with Crippen LogP contribution in [-0.2, 0) is 4.79 Å². The van der Waals surface area contributed by atoms with Gasteiger partial charge in [0.25, 0.3) is 5.69 Å². The smallest absolute Gasteiger partial charge is 0.292 e. The first kappa shape index (κ1) is 15.0. The molecule has 0 aliphatic rings. The van der Waals surface area contributed by atoms with Crippen molar-refractivity contribution in [2.45, 2.75) is 19.8 Å². The number of nitro benzene ring substituents is 1. The van der Waals surface area contributed by atoms with Gasteiger partial charge in [0, 0.05) is 18.7 Å². The molecule has 0 saturated heterocycles. The van der Waals surface area contributed by atoms with E-state index in [1.807, 2.05) is 6.92 Å². The lowest BCUT2D eigenvalue weighted by Gasteiger charge is -2.13. The van der Waals surface area contributed by atoms with Crippen LogP contribution in [0.5, 0.6) is 0 Å². The molecule has 1 amide bonds. The maximum absolute atomic E-state index is 13.1. The molecular weight excluding hydrogens is 253 g/mol. The van der Waals surface area contributed by atoms with Crippen molar-refractivity contribution < 1.29 is 14.1 Å². The highest BCUT2D eigenvalue weighted by molar-refractivity contribution is 5.94. The summed E-state index contributed by atoms with van der Waals surface area (Å²) in [6.45, 7) is 2.05. The maximum Gasteiger partial charge on any atom is 0.292 e. The summed E-state index contributed by atoms with van der Waals surface area (Å²) in [6, 6.07) is 2.91. The monoisotopic (exact) mass is 269 g/mol. The average Bonchev–Trinajstić information content (AvgIpc) is 2.35. The van der Waals surface area contributed by atoms with E-state index in [4.69, 9.17) is 5.73 Å². The zero-order valence-electron chi connectivity index (χ0n) is 10.6. The third kappa shape index (κ3) is 3.99. The topological polar surface area (TPSA) is 98.3 Å². The van der Waals surface area contributed by atoms with Crippen LogP contribution in [0.25, 0.3) is 0 Å². The van der Waals surface area contributed by atoms with E-state index in [9.17, 15) is 19.3 Å². The second-order valence-electron chi connectivity index (χ2n) is 4.13. The standard InChI is InChI=1S/C12H16FN3O3/c1-2-3-8(7-14)12(17)15-10-6-9(13)4-5-11(10)16(18)19/h4-6,8H,2-3,7,14H2,1H3,(H,15,17). The molecule has 0 aliphatic heterocycles. The predicted molar refractivity (Wildman–Crippen MR) is 69.1 cm³/mol. The van der Waals surface area contributed by atoms with Crippen molar-refractivity contribution in [1.29, 1.82) is 0 Å². The van der Waals surface area contributed by atoms with Crippen molar-refractivity contribution in [2.24, 2.45) is 11.7 Å². The van der Waals surface area contributed by atoms with Crippen LogP contribution in [-0.4, -0.2) is 17.4 Å². The summed E-state index contributed by atoms with van der Waals surface area (Å²) in [5.41, 5.74) is 4.98. The molecule has 0 aromatic heterocycles. The van der Waals surface area contributed by atoms with Crippen LogP contribution in [0.1, 0.15) is 19.8 Å². The van der Waals surface area contributed by atoms with Crippen LogP contribution in [0, 0.1) is 21.8 Å². The van der Waals surface area contributed by atoms with Gasteiger partial charge in [0.2, 0.25) is 5.91 Å². The van der Waals surface area contributed by atoms with Crippen LogP contribution in [0.4, 0.5) is 15.8 Å². The number of benzene rings is 1. The Morgan fingerprint density at radius 2 is 2.26 bits per heavy atom. The molecule has 7 heteroatoms. The number of hydrogen-bond donors (Lipinski definition) is 2. The van der Waals surface area contributed by atoms with E-state index in [1.54, 1.807) is 0 Å². The highest BCUT2D eigenvalue weighted by atomic mass is 19.1. The van der Waals surface area contributed by atoms with Crippen molar-refractivity contribution in [3.05, 3.63) is 34.1 Å². The Morgan fingerprint density at radius 3 is 2.79 bits per heavy atom. The third-order valence-electron chi connectivity index (χ3n) is 2.71. The Bertz CT molecular complexity index is 479. The molecule has 0 spiro atoms. The van der Waals surface area contributed by atoms with Crippen LogP contribution in [0.3, 0.4) is 0 Å². The zero-order chi connectivity index (χ0) is 14.4. The molecule has 0 saturated carbocycles. The number of anilines is 1. The fraction of sp³-hybridized carbons (Fsp3) is 0.417. The minimum atomic E-state index is -0.674. The second kappa shape index (κ2) is 6.79. The van der Waals surface area contributed by atoms with Crippen molar-refractivity contribution in [3.63, 3.8) is 0 Å². The van der Waals surface area contributed by atoms with Crippen molar-refractivity contribution >= 4 is 17.3 Å². The molecule has 1 aromatic carbocycles. The van der Waals surface area contributed by atoms with Crippen LogP contribution < -0.4 is 11.1 Å². The lowest BCUT2D eigenvalue weighted by atomic mass is 10.0. The number of nitro groups is 1. The van der Waals surface area contributed by atoms with E-state index in [2.05, 4.69) is 5.32 Å². The summed E-state index contributed by atoms with van der Waals surface area (Å²) in [5.74, 6) is -1.52. The molecule has 0 aliphatic carbocycles. The molecule has 1 rings (SSSR count). The van der Waals surface area contributed by atoms with E-state index in [0.717, 1.165) is 24.6 Å². The molecule has 1 aromatic rings. The predicted octanol–water partition coefficient (Wildman–Crippen LogP) is 2.05. The van der Waals surface area contributed by atoms with Gasteiger partial charge in [-0.25, -0.2) is 4.39 Å². The van der Waals surface area contributed by atoms with Gasteiger partial charge in [-0.2, -0.15) is 0 Å². The lowest BCUT2D eigenvalue weighted by molar-refractivity contribution is -0.384. The van der Waals surface area contributed by atoms with Gasteiger partial charge in [0.05, 0.1) is 10.8 Å². The minimum absolute atomic E-state index is 0.142. The number of hydrogen-bond acceptors (Lipinski definition) is 4. The molecule has 6 nitrogen and oxygen atoms in total. The Labute approximate surface area is 109 Å². The van der Waals surface area contributed by atoms with Crippen LogP contribution in [0.15, 0.2) is 18.2 Å². The summed E-state index contributed by atoms with van der Waals surface area (Å²) < 4.78 is 13.1. The Balaban J connectivity index is 2.94. The number of rotatable bonds is 6. The van der Waals surface area contributed by atoms with E-state index in [-0.39, 0.29) is 17.9 Å². The van der Waals surface area contributed by atoms with Gasteiger partial charge < -0.3 is 11.1 Å². The van der Waals surface area contributed by atoms with Gasteiger partial charge in [-0.15, -0.1) is 0 Å². The molecule has 0 fully saturated rings. The van der Waals surface area contributed by atoms with Gasteiger partial charge in [-0.3, -0.25) is 14.9 Å². The fourth-order valence-electron chi connectivity index (χ4n) is 1.71. The lowest BCUT2D eigenvalue weighted by Crippen LogP contribution is -2.29. The zero-order valence-corrected chi connectivity index (χ0v) is 10.6. The Morgan fingerprint density at radius 1 is 1.58 bits per heavy atom. The largest absolute Gasteiger partial charge is 0.330 e. The summed E-state index contributed by atoms with van der Waals surface area (Å²) >= 11 is 0. The normalized spacial score (nSPS) is 11.9. The average molecular weight is 269 g/mol. The SMILES string of the molecule is CCCC(CN)C(=O)Nc1cc(F)ccc1[N+](=O)[O-]. The molecule has 0 heterocycles. The number of amides is 1. The van der Waals surface area contributed by atoms with Crippen molar-refractivity contribution in [3.8, 4) is 0 Å². The van der Waals surface area contributed by atoms with Crippen molar-refractivity contribution in [2.75, 3.05) is 11.9 Å². The number of carbonyl (C=O) groups excluding carboxylic acids is 1.